The first kappa shape index (κ1) is 13.9. The molecular formula is C18H16N2O4. The summed E-state index contributed by atoms with van der Waals surface area (Å²) in [5, 5.41) is 11.1. The highest BCUT2D eigenvalue weighted by Crippen LogP contribution is 2.65. The summed E-state index contributed by atoms with van der Waals surface area (Å²) in [6.07, 6.45) is 5.36. The standard InChI is InChI=1S/C18H16N2O4/c1-8-2-3-9(20(23)24)6-14(8)19-17(21)15-10-4-5-11(13-7-12(10)13)16(15)18(19)22/h2-6,10-13,15-16H,7H2,1H3/t10-,11+,12-,13-,15+,16-/m1/s1. The van der Waals surface area contributed by atoms with Gasteiger partial charge in [0.05, 0.1) is 22.4 Å². The van der Waals surface area contributed by atoms with Gasteiger partial charge in [-0.3, -0.25) is 19.7 Å². The van der Waals surface area contributed by atoms with Gasteiger partial charge in [-0.1, -0.05) is 18.2 Å². The minimum Gasteiger partial charge on any atom is -0.274 e. The molecule has 5 aliphatic rings. The quantitative estimate of drug-likeness (QED) is 0.362. The van der Waals surface area contributed by atoms with Crippen LogP contribution in [0.15, 0.2) is 30.4 Å². The number of nitro benzene ring substituents is 1. The van der Waals surface area contributed by atoms with E-state index in [4.69, 9.17) is 0 Å². The molecule has 0 N–H and O–H groups in total. The second-order valence-electron chi connectivity index (χ2n) is 7.39. The third-order valence-electron chi connectivity index (χ3n) is 6.31. The fourth-order valence-corrected chi connectivity index (χ4v) is 5.15. The van der Waals surface area contributed by atoms with Crippen LogP contribution in [0.1, 0.15) is 12.0 Å². The molecule has 0 spiro atoms. The molecule has 1 heterocycles. The Kier molecular flexibility index (Phi) is 2.50. The smallest absolute Gasteiger partial charge is 0.271 e. The highest BCUT2D eigenvalue weighted by molar-refractivity contribution is 6.23. The number of amides is 2. The molecule has 2 saturated carbocycles. The maximum atomic E-state index is 13.0. The van der Waals surface area contributed by atoms with Crippen LogP contribution in [0.2, 0.25) is 0 Å². The summed E-state index contributed by atoms with van der Waals surface area (Å²) in [5.41, 5.74) is 0.961. The number of hydrogen-bond acceptors (Lipinski definition) is 4. The van der Waals surface area contributed by atoms with E-state index in [-0.39, 0.29) is 41.2 Å². The second kappa shape index (κ2) is 4.32. The number of anilines is 1. The van der Waals surface area contributed by atoms with Gasteiger partial charge in [-0.05, 0) is 42.6 Å². The van der Waals surface area contributed by atoms with Gasteiger partial charge in [-0.2, -0.15) is 0 Å². The molecule has 0 radical (unpaired) electrons. The van der Waals surface area contributed by atoms with Crippen molar-refractivity contribution in [3.8, 4) is 0 Å². The minimum atomic E-state index is -0.499. The number of benzene rings is 1. The molecule has 24 heavy (non-hydrogen) atoms. The van der Waals surface area contributed by atoms with Crippen molar-refractivity contribution in [3.63, 3.8) is 0 Å². The Bertz CT molecular complexity index is 809. The maximum absolute atomic E-state index is 13.0. The van der Waals surface area contributed by atoms with E-state index >= 15 is 0 Å². The van der Waals surface area contributed by atoms with Crippen molar-refractivity contribution in [3.05, 3.63) is 46.0 Å². The summed E-state index contributed by atoms with van der Waals surface area (Å²) in [6.45, 7) is 1.77. The van der Waals surface area contributed by atoms with Crippen LogP contribution >= 0.6 is 0 Å². The molecule has 1 aromatic rings. The van der Waals surface area contributed by atoms with Gasteiger partial charge in [0.15, 0.2) is 0 Å². The number of carbonyl (C=O) groups excluding carboxylic acids is 2. The minimum absolute atomic E-state index is 0.102. The molecule has 0 unspecified atom stereocenters. The monoisotopic (exact) mass is 324 g/mol. The maximum Gasteiger partial charge on any atom is 0.271 e. The van der Waals surface area contributed by atoms with Gasteiger partial charge in [0.1, 0.15) is 0 Å². The van der Waals surface area contributed by atoms with Gasteiger partial charge >= 0.3 is 0 Å². The number of imide groups is 1. The summed E-state index contributed by atoms with van der Waals surface area (Å²) in [6, 6.07) is 4.34. The zero-order chi connectivity index (χ0) is 16.7. The molecule has 2 bridgehead atoms. The summed E-state index contributed by atoms with van der Waals surface area (Å²) in [7, 11) is 0. The van der Waals surface area contributed by atoms with Crippen LogP contribution in [0, 0.1) is 52.5 Å². The van der Waals surface area contributed by atoms with Crippen molar-refractivity contribution in [2.24, 2.45) is 35.5 Å². The van der Waals surface area contributed by atoms with Crippen LogP contribution in [0.5, 0.6) is 0 Å². The van der Waals surface area contributed by atoms with E-state index in [0.29, 0.717) is 23.1 Å². The molecule has 3 fully saturated rings. The number of rotatable bonds is 2. The molecule has 1 aliphatic heterocycles. The van der Waals surface area contributed by atoms with E-state index in [9.17, 15) is 19.7 Å². The molecule has 6 nitrogen and oxygen atoms in total. The van der Waals surface area contributed by atoms with E-state index in [1.165, 1.54) is 17.0 Å². The van der Waals surface area contributed by atoms with Crippen molar-refractivity contribution in [2.45, 2.75) is 13.3 Å². The van der Waals surface area contributed by atoms with E-state index in [1.807, 2.05) is 0 Å². The van der Waals surface area contributed by atoms with Gasteiger partial charge in [0.25, 0.3) is 5.69 Å². The lowest BCUT2D eigenvalue weighted by Crippen LogP contribution is -2.40. The Morgan fingerprint density at radius 1 is 1.08 bits per heavy atom. The van der Waals surface area contributed by atoms with E-state index < -0.39 is 4.92 Å². The van der Waals surface area contributed by atoms with Crippen LogP contribution < -0.4 is 4.90 Å². The normalized spacial score (nSPS) is 38.3. The fraction of sp³-hybridized carbons (Fsp3) is 0.444. The van der Waals surface area contributed by atoms with Crippen molar-refractivity contribution in [2.75, 3.05) is 4.90 Å². The average molecular weight is 324 g/mol. The molecule has 0 aromatic heterocycles. The Labute approximate surface area is 138 Å². The van der Waals surface area contributed by atoms with Gasteiger partial charge in [-0.25, -0.2) is 4.90 Å². The first-order valence-electron chi connectivity index (χ1n) is 8.30. The number of carbonyl (C=O) groups is 2. The zero-order valence-corrected chi connectivity index (χ0v) is 13.1. The second-order valence-corrected chi connectivity index (χ2v) is 7.39. The van der Waals surface area contributed by atoms with E-state index in [2.05, 4.69) is 12.2 Å². The third kappa shape index (κ3) is 1.56. The number of nitro groups is 1. The van der Waals surface area contributed by atoms with Crippen LogP contribution in [0.4, 0.5) is 11.4 Å². The number of aryl methyl sites for hydroxylation is 1. The molecule has 2 amide bonds. The Morgan fingerprint density at radius 2 is 1.67 bits per heavy atom. The Hall–Kier alpha value is -2.50. The lowest BCUT2D eigenvalue weighted by molar-refractivity contribution is -0.384. The SMILES string of the molecule is Cc1ccc([N+](=O)[O-])cc1N1C(=O)[C@@H]2[C@H]3C=C[C@H]([C@H]4C[C@H]34)[C@@H]2C1=O. The average Bonchev–Trinajstić information content (AvgIpc) is 3.33. The van der Waals surface area contributed by atoms with Crippen LogP contribution in [-0.4, -0.2) is 16.7 Å². The van der Waals surface area contributed by atoms with Crippen LogP contribution in [0.3, 0.4) is 0 Å². The Morgan fingerprint density at radius 3 is 2.21 bits per heavy atom. The largest absolute Gasteiger partial charge is 0.274 e. The number of hydrogen-bond donors (Lipinski definition) is 0. The summed E-state index contributed by atoms with van der Waals surface area (Å²) < 4.78 is 0. The highest BCUT2D eigenvalue weighted by atomic mass is 16.6. The molecule has 6 rings (SSSR count). The summed E-state index contributed by atoms with van der Waals surface area (Å²) in [5.74, 6) is 0.477. The first-order valence-corrected chi connectivity index (χ1v) is 8.30. The third-order valence-corrected chi connectivity index (χ3v) is 6.31. The van der Waals surface area contributed by atoms with Gasteiger partial charge in [0, 0.05) is 12.1 Å². The molecular weight excluding hydrogens is 308 g/mol. The lowest BCUT2D eigenvalue weighted by atomic mass is 9.63. The number of allylic oxidation sites excluding steroid dienone is 2. The summed E-state index contributed by atoms with van der Waals surface area (Å²) >= 11 is 0. The van der Waals surface area contributed by atoms with Gasteiger partial charge in [0.2, 0.25) is 11.8 Å². The Balaban J connectivity index is 1.60. The van der Waals surface area contributed by atoms with E-state index in [1.54, 1.807) is 13.0 Å². The van der Waals surface area contributed by atoms with Crippen molar-refractivity contribution in [1.29, 1.82) is 0 Å². The van der Waals surface area contributed by atoms with Crippen molar-refractivity contribution >= 4 is 23.2 Å². The van der Waals surface area contributed by atoms with E-state index in [0.717, 1.165) is 6.42 Å². The van der Waals surface area contributed by atoms with Crippen molar-refractivity contribution < 1.29 is 14.5 Å². The topological polar surface area (TPSA) is 80.5 Å². The molecule has 122 valence electrons. The number of non-ortho nitro benzene ring substituents is 1. The zero-order valence-electron chi connectivity index (χ0n) is 13.1. The summed E-state index contributed by atoms with van der Waals surface area (Å²) in [4.78, 5) is 37.9. The number of nitrogens with zero attached hydrogens (tertiary/aromatic N) is 2. The molecule has 6 atom stereocenters. The predicted molar refractivity (Wildman–Crippen MR) is 85.0 cm³/mol. The predicted octanol–water partition coefficient (Wildman–Crippen LogP) is 2.46. The fourth-order valence-electron chi connectivity index (χ4n) is 5.15. The van der Waals surface area contributed by atoms with Gasteiger partial charge in [-0.15, -0.1) is 0 Å². The van der Waals surface area contributed by atoms with Crippen molar-refractivity contribution in [1.82, 2.24) is 0 Å². The highest BCUT2D eigenvalue weighted by Gasteiger charge is 2.67. The first-order chi connectivity index (χ1) is 11.5. The molecule has 6 heteroatoms. The molecule has 1 aromatic carbocycles. The van der Waals surface area contributed by atoms with Crippen LogP contribution in [-0.2, 0) is 9.59 Å². The lowest BCUT2D eigenvalue weighted by Gasteiger charge is -2.37. The molecule has 4 aliphatic carbocycles. The van der Waals surface area contributed by atoms with Crippen LogP contribution in [0.25, 0.3) is 0 Å². The van der Waals surface area contributed by atoms with Gasteiger partial charge < -0.3 is 0 Å². The molecule has 1 saturated heterocycles.